The van der Waals surface area contributed by atoms with Crippen LogP contribution >= 0.6 is 0 Å². The molecule has 24 heavy (non-hydrogen) atoms. The number of benzene rings is 1. The van der Waals surface area contributed by atoms with Gasteiger partial charge in [0.05, 0.1) is 18.7 Å². The van der Waals surface area contributed by atoms with Gasteiger partial charge in [-0.2, -0.15) is 0 Å². The summed E-state index contributed by atoms with van der Waals surface area (Å²) >= 11 is 0. The van der Waals surface area contributed by atoms with E-state index in [0.717, 1.165) is 32.6 Å². The molecule has 0 aromatic heterocycles. The van der Waals surface area contributed by atoms with Crippen LogP contribution in [-0.2, 0) is 0 Å². The molecular weight excluding hydrogens is 309 g/mol. The highest BCUT2D eigenvalue weighted by atomic mass is 19.1. The van der Waals surface area contributed by atoms with Crippen LogP contribution in [0, 0.1) is 5.82 Å². The number of ether oxygens (including phenoxy) is 1. The summed E-state index contributed by atoms with van der Waals surface area (Å²) in [5, 5.41) is 2.91. The average molecular weight is 335 g/mol. The van der Waals surface area contributed by atoms with E-state index in [1.54, 1.807) is 19.1 Å². The van der Waals surface area contributed by atoms with Gasteiger partial charge in [-0.3, -0.25) is 4.90 Å². The molecule has 2 aliphatic heterocycles. The number of carbonyl (C=O) groups excluding carboxylic acids is 1. The summed E-state index contributed by atoms with van der Waals surface area (Å²) in [7, 11) is 1.51. The minimum absolute atomic E-state index is 0.130. The largest absolute Gasteiger partial charge is 0.496 e. The normalized spacial score (nSPS) is 22.6. The number of carbonyl (C=O) groups is 1. The number of hydrogen-bond acceptors (Lipinski definition) is 3. The van der Waals surface area contributed by atoms with Gasteiger partial charge in [-0.15, -0.1) is 0 Å². The number of methoxy groups -OCH3 is 1. The summed E-state index contributed by atoms with van der Waals surface area (Å²) in [5.74, 6) is 0.0951. The molecule has 2 unspecified atom stereocenters. The summed E-state index contributed by atoms with van der Waals surface area (Å²) in [4.78, 5) is 16.9. The first-order valence-corrected chi connectivity index (χ1v) is 8.72. The van der Waals surface area contributed by atoms with Crippen molar-refractivity contribution >= 4 is 6.03 Å². The molecule has 2 atom stereocenters. The third-order valence-electron chi connectivity index (χ3n) is 5.11. The van der Waals surface area contributed by atoms with Gasteiger partial charge in [0.1, 0.15) is 11.6 Å². The standard InChI is InChI=1S/C18H26FN3O2/c1-13(17-15(19)6-5-7-16(17)24-2)20-18(23)22-11-8-14(12-22)21-9-3-4-10-21/h5-7,13-14H,3-4,8-12H2,1-2H3,(H,20,23). The van der Waals surface area contributed by atoms with Gasteiger partial charge in [-0.1, -0.05) is 6.07 Å². The second kappa shape index (κ2) is 7.38. The Balaban J connectivity index is 1.61. The van der Waals surface area contributed by atoms with Gasteiger partial charge in [0.2, 0.25) is 0 Å². The third-order valence-corrected chi connectivity index (χ3v) is 5.11. The van der Waals surface area contributed by atoms with Crippen molar-refractivity contribution in [3.05, 3.63) is 29.6 Å². The molecule has 5 nitrogen and oxygen atoms in total. The van der Waals surface area contributed by atoms with Crippen molar-refractivity contribution in [2.24, 2.45) is 0 Å². The molecule has 2 saturated heterocycles. The number of nitrogens with zero attached hydrogens (tertiary/aromatic N) is 2. The highest BCUT2D eigenvalue weighted by molar-refractivity contribution is 5.75. The number of hydrogen-bond donors (Lipinski definition) is 1. The van der Waals surface area contributed by atoms with Crippen LogP contribution in [0.5, 0.6) is 5.75 Å². The predicted molar refractivity (Wildman–Crippen MR) is 90.7 cm³/mol. The second-order valence-corrected chi connectivity index (χ2v) is 6.66. The van der Waals surface area contributed by atoms with Crippen LogP contribution in [0.1, 0.15) is 37.8 Å². The van der Waals surface area contributed by atoms with E-state index in [-0.39, 0.29) is 11.8 Å². The Labute approximate surface area is 142 Å². The van der Waals surface area contributed by atoms with Gasteiger partial charge >= 0.3 is 6.03 Å². The summed E-state index contributed by atoms with van der Waals surface area (Å²) in [5.41, 5.74) is 0.392. The highest BCUT2D eigenvalue weighted by Crippen LogP contribution is 2.28. The van der Waals surface area contributed by atoms with Crippen LogP contribution in [0.4, 0.5) is 9.18 Å². The quantitative estimate of drug-likeness (QED) is 0.920. The molecule has 2 heterocycles. The Bertz CT molecular complexity index is 590. The lowest BCUT2D eigenvalue weighted by Gasteiger charge is -2.25. The first-order chi connectivity index (χ1) is 11.6. The monoisotopic (exact) mass is 335 g/mol. The maximum atomic E-state index is 14.1. The van der Waals surface area contributed by atoms with E-state index in [4.69, 9.17) is 4.74 Å². The van der Waals surface area contributed by atoms with Crippen molar-refractivity contribution in [1.29, 1.82) is 0 Å². The fourth-order valence-electron chi connectivity index (χ4n) is 3.80. The maximum Gasteiger partial charge on any atom is 0.317 e. The minimum Gasteiger partial charge on any atom is -0.496 e. The summed E-state index contributed by atoms with van der Waals surface area (Å²) in [6.45, 7) is 5.58. The third kappa shape index (κ3) is 3.48. The lowest BCUT2D eigenvalue weighted by molar-refractivity contribution is 0.195. The van der Waals surface area contributed by atoms with Crippen molar-refractivity contribution in [2.45, 2.75) is 38.3 Å². The zero-order valence-corrected chi connectivity index (χ0v) is 14.4. The van der Waals surface area contributed by atoms with E-state index >= 15 is 0 Å². The fourth-order valence-corrected chi connectivity index (χ4v) is 3.80. The molecule has 2 fully saturated rings. The smallest absolute Gasteiger partial charge is 0.317 e. The summed E-state index contributed by atoms with van der Waals surface area (Å²) in [6, 6.07) is 4.60. The molecule has 1 N–H and O–H groups in total. The SMILES string of the molecule is COc1cccc(F)c1C(C)NC(=O)N1CCC(N2CCCC2)C1. The Morgan fingerprint density at radius 2 is 2.08 bits per heavy atom. The molecule has 0 radical (unpaired) electrons. The number of urea groups is 1. The summed E-state index contributed by atoms with van der Waals surface area (Å²) < 4.78 is 19.4. The van der Waals surface area contributed by atoms with Gasteiger partial charge in [-0.25, -0.2) is 9.18 Å². The van der Waals surface area contributed by atoms with Crippen LogP contribution in [-0.4, -0.2) is 55.2 Å². The molecule has 0 aliphatic carbocycles. The molecule has 2 aliphatic rings. The zero-order valence-electron chi connectivity index (χ0n) is 14.4. The number of halogens is 1. The van der Waals surface area contributed by atoms with Crippen molar-refractivity contribution in [1.82, 2.24) is 15.1 Å². The van der Waals surface area contributed by atoms with Crippen LogP contribution in [0.15, 0.2) is 18.2 Å². The molecular formula is C18H26FN3O2. The van der Waals surface area contributed by atoms with E-state index in [1.807, 2.05) is 4.90 Å². The van der Waals surface area contributed by atoms with Gasteiger partial charge in [0.25, 0.3) is 0 Å². The molecule has 0 bridgehead atoms. The molecule has 132 valence electrons. The van der Waals surface area contributed by atoms with E-state index in [2.05, 4.69) is 10.2 Å². The zero-order chi connectivity index (χ0) is 17.1. The number of amides is 2. The van der Waals surface area contributed by atoms with Gasteiger partial charge in [-0.05, 0) is 51.4 Å². The number of nitrogens with one attached hydrogen (secondary N) is 1. The molecule has 6 heteroatoms. The highest BCUT2D eigenvalue weighted by Gasteiger charge is 2.32. The Hall–Kier alpha value is -1.82. The first-order valence-electron chi connectivity index (χ1n) is 8.72. The molecule has 0 spiro atoms. The molecule has 0 saturated carbocycles. The molecule has 2 amide bonds. The van der Waals surface area contributed by atoms with Crippen molar-refractivity contribution in [3.8, 4) is 5.75 Å². The van der Waals surface area contributed by atoms with Crippen LogP contribution in [0.2, 0.25) is 0 Å². The topological polar surface area (TPSA) is 44.8 Å². The van der Waals surface area contributed by atoms with Gasteiger partial charge < -0.3 is 15.0 Å². The summed E-state index contributed by atoms with van der Waals surface area (Å²) in [6.07, 6.45) is 3.53. The van der Waals surface area contributed by atoms with E-state index in [9.17, 15) is 9.18 Å². The Kier molecular flexibility index (Phi) is 5.23. The van der Waals surface area contributed by atoms with E-state index < -0.39 is 6.04 Å². The Morgan fingerprint density at radius 3 is 2.79 bits per heavy atom. The number of rotatable bonds is 4. The first kappa shape index (κ1) is 17.0. The van der Waals surface area contributed by atoms with Crippen LogP contribution in [0.25, 0.3) is 0 Å². The lowest BCUT2D eigenvalue weighted by Crippen LogP contribution is -2.42. The van der Waals surface area contributed by atoms with Crippen molar-refractivity contribution < 1.29 is 13.9 Å². The van der Waals surface area contributed by atoms with Crippen LogP contribution < -0.4 is 10.1 Å². The van der Waals surface area contributed by atoms with Crippen LogP contribution in [0.3, 0.4) is 0 Å². The maximum absolute atomic E-state index is 14.1. The minimum atomic E-state index is -0.445. The molecule has 3 rings (SSSR count). The van der Waals surface area contributed by atoms with Gasteiger partial charge in [0.15, 0.2) is 0 Å². The average Bonchev–Trinajstić information content (AvgIpc) is 3.25. The molecule has 1 aromatic rings. The molecule has 1 aromatic carbocycles. The van der Waals surface area contributed by atoms with Crippen molar-refractivity contribution in [3.63, 3.8) is 0 Å². The predicted octanol–water partition coefficient (Wildman–Crippen LogP) is 2.78. The van der Waals surface area contributed by atoms with E-state index in [1.165, 1.54) is 26.0 Å². The second-order valence-electron chi connectivity index (χ2n) is 6.66. The number of likely N-dealkylation sites (tertiary alicyclic amines) is 2. The Morgan fingerprint density at radius 1 is 1.33 bits per heavy atom. The van der Waals surface area contributed by atoms with Crippen molar-refractivity contribution in [2.75, 3.05) is 33.3 Å². The lowest BCUT2D eigenvalue weighted by atomic mass is 10.1. The van der Waals surface area contributed by atoms with E-state index in [0.29, 0.717) is 17.4 Å². The fraction of sp³-hybridized carbons (Fsp3) is 0.611. The van der Waals surface area contributed by atoms with Gasteiger partial charge in [0, 0.05) is 19.1 Å².